The highest BCUT2D eigenvalue weighted by atomic mass is 19.1. The molecule has 0 aliphatic carbocycles. The summed E-state index contributed by atoms with van der Waals surface area (Å²) >= 11 is 0. The van der Waals surface area contributed by atoms with Crippen LogP contribution in [0.3, 0.4) is 0 Å². The topological polar surface area (TPSA) is 95.8 Å². The van der Waals surface area contributed by atoms with Gasteiger partial charge in [0, 0.05) is 32.1 Å². The molecule has 2 amide bonds. The zero-order valence-electron chi connectivity index (χ0n) is 17.2. The third kappa shape index (κ3) is 4.39. The maximum atomic E-state index is 13.9. The molecule has 0 radical (unpaired) electrons. The van der Waals surface area contributed by atoms with Crippen molar-refractivity contribution in [3.63, 3.8) is 0 Å². The van der Waals surface area contributed by atoms with Gasteiger partial charge in [0.25, 0.3) is 0 Å². The second-order valence-corrected chi connectivity index (χ2v) is 8.00. The first-order chi connectivity index (χ1) is 15.3. The lowest BCUT2D eigenvalue weighted by Crippen LogP contribution is -2.32. The Balaban J connectivity index is 1.51. The van der Waals surface area contributed by atoms with E-state index in [-0.39, 0.29) is 18.7 Å². The molecule has 0 aromatic heterocycles. The average Bonchev–Trinajstić information content (AvgIpc) is 3.16. The molecular formula is C22H22F2N4O4. The van der Waals surface area contributed by atoms with Gasteiger partial charge in [-0.25, -0.2) is 4.39 Å². The smallest absolute Gasteiger partial charge is 0.306 e. The van der Waals surface area contributed by atoms with E-state index in [0.29, 0.717) is 5.69 Å². The molecule has 2 heterocycles. The number of hydrogen-bond donors (Lipinski definition) is 1. The van der Waals surface area contributed by atoms with E-state index in [9.17, 15) is 28.5 Å². The first kappa shape index (κ1) is 21.7. The molecule has 1 unspecified atom stereocenters. The standard InChI is InChI=1S/C22H22F2N4O4/c23-15-4-7-19(26-8-2-1-3-9-26)18(11-15)25-22(30)14-10-21(29)27(13-14)16-5-6-17(24)20(12-16)28(31)32/h4-7,11-12,14H,1-3,8-10,13H2,(H,25,30). The number of halogens is 2. The molecule has 2 aliphatic heterocycles. The molecule has 1 N–H and O–H groups in total. The van der Waals surface area contributed by atoms with Crippen LogP contribution in [0, 0.1) is 27.7 Å². The number of nitro groups is 1. The number of nitro benzene ring substituents is 1. The second-order valence-electron chi connectivity index (χ2n) is 8.00. The van der Waals surface area contributed by atoms with Gasteiger partial charge in [0.15, 0.2) is 0 Å². The summed E-state index contributed by atoms with van der Waals surface area (Å²) in [4.78, 5) is 38.9. The minimum absolute atomic E-state index is 0.0121. The molecule has 4 rings (SSSR count). The number of piperidine rings is 1. The number of nitrogens with zero attached hydrogens (tertiary/aromatic N) is 3. The Morgan fingerprint density at radius 1 is 1.09 bits per heavy atom. The molecule has 0 bridgehead atoms. The number of hydrogen-bond acceptors (Lipinski definition) is 5. The molecular weight excluding hydrogens is 422 g/mol. The Bertz CT molecular complexity index is 1070. The lowest BCUT2D eigenvalue weighted by molar-refractivity contribution is -0.387. The van der Waals surface area contributed by atoms with Gasteiger partial charge in [-0.2, -0.15) is 4.39 Å². The van der Waals surface area contributed by atoms with Crippen LogP contribution in [0.25, 0.3) is 0 Å². The van der Waals surface area contributed by atoms with E-state index in [0.717, 1.165) is 50.2 Å². The van der Waals surface area contributed by atoms with Crippen LogP contribution < -0.4 is 15.1 Å². The molecule has 8 nitrogen and oxygen atoms in total. The van der Waals surface area contributed by atoms with Gasteiger partial charge in [-0.15, -0.1) is 0 Å². The maximum absolute atomic E-state index is 13.9. The van der Waals surface area contributed by atoms with Gasteiger partial charge in [-0.05, 0) is 49.6 Å². The molecule has 10 heteroatoms. The van der Waals surface area contributed by atoms with Crippen molar-refractivity contribution < 1.29 is 23.3 Å². The van der Waals surface area contributed by atoms with E-state index in [4.69, 9.17) is 0 Å². The maximum Gasteiger partial charge on any atom is 0.306 e. The quantitative estimate of drug-likeness (QED) is 0.558. The lowest BCUT2D eigenvalue weighted by Gasteiger charge is -2.30. The van der Waals surface area contributed by atoms with Gasteiger partial charge in [0.1, 0.15) is 5.82 Å². The third-order valence-electron chi connectivity index (χ3n) is 5.85. The molecule has 168 valence electrons. The Morgan fingerprint density at radius 3 is 2.56 bits per heavy atom. The summed E-state index contributed by atoms with van der Waals surface area (Å²) < 4.78 is 27.5. The van der Waals surface area contributed by atoms with Crippen molar-refractivity contribution in [1.29, 1.82) is 0 Å². The molecule has 0 spiro atoms. The van der Waals surface area contributed by atoms with Crippen molar-refractivity contribution in [2.45, 2.75) is 25.7 Å². The van der Waals surface area contributed by atoms with Crippen molar-refractivity contribution in [3.05, 3.63) is 58.1 Å². The van der Waals surface area contributed by atoms with Crippen molar-refractivity contribution in [3.8, 4) is 0 Å². The van der Waals surface area contributed by atoms with Crippen molar-refractivity contribution >= 4 is 34.6 Å². The van der Waals surface area contributed by atoms with Gasteiger partial charge in [-0.1, -0.05) is 0 Å². The van der Waals surface area contributed by atoms with Crippen molar-refractivity contribution in [2.24, 2.45) is 5.92 Å². The fraction of sp³-hybridized carbons (Fsp3) is 0.364. The predicted octanol–water partition coefficient (Wildman–Crippen LogP) is 3.85. The highest BCUT2D eigenvalue weighted by Crippen LogP contribution is 2.32. The van der Waals surface area contributed by atoms with E-state index in [1.54, 1.807) is 6.07 Å². The first-order valence-electron chi connectivity index (χ1n) is 10.4. The summed E-state index contributed by atoms with van der Waals surface area (Å²) in [6, 6.07) is 7.42. The number of nitrogens with one attached hydrogen (secondary N) is 1. The zero-order valence-corrected chi connectivity index (χ0v) is 17.2. The number of anilines is 3. The van der Waals surface area contributed by atoms with Crippen LogP contribution in [0.4, 0.5) is 31.5 Å². The highest BCUT2D eigenvalue weighted by Gasteiger charge is 2.36. The predicted molar refractivity (Wildman–Crippen MR) is 115 cm³/mol. The fourth-order valence-corrected chi connectivity index (χ4v) is 4.20. The van der Waals surface area contributed by atoms with E-state index in [1.165, 1.54) is 23.1 Å². The number of rotatable bonds is 5. The van der Waals surface area contributed by atoms with E-state index >= 15 is 0 Å². The average molecular weight is 444 g/mol. The summed E-state index contributed by atoms with van der Waals surface area (Å²) in [5.41, 5.74) is 0.488. The fourth-order valence-electron chi connectivity index (χ4n) is 4.20. The second kappa shape index (κ2) is 8.89. The molecule has 32 heavy (non-hydrogen) atoms. The summed E-state index contributed by atoms with van der Waals surface area (Å²) in [5.74, 6) is -3.06. The Kier molecular flexibility index (Phi) is 6.02. The third-order valence-corrected chi connectivity index (χ3v) is 5.85. The normalized spacial score (nSPS) is 18.7. The summed E-state index contributed by atoms with van der Waals surface area (Å²) in [7, 11) is 0. The number of amides is 2. The summed E-state index contributed by atoms with van der Waals surface area (Å²) in [6.45, 7) is 1.61. The molecule has 1 atom stereocenters. The first-order valence-corrected chi connectivity index (χ1v) is 10.4. The monoisotopic (exact) mass is 444 g/mol. The summed E-state index contributed by atoms with van der Waals surface area (Å²) in [6.07, 6.45) is 3.05. The van der Waals surface area contributed by atoms with Gasteiger partial charge >= 0.3 is 5.69 Å². The SMILES string of the molecule is O=C(Nc1cc(F)ccc1N1CCCCC1)C1CC(=O)N(c2ccc(F)c([N+](=O)[O-])c2)C1. The van der Waals surface area contributed by atoms with E-state index < -0.39 is 40.0 Å². The molecule has 2 saturated heterocycles. The minimum atomic E-state index is -1.00. The number of carbonyl (C=O) groups is 2. The van der Waals surface area contributed by atoms with Crippen LogP contribution in [0.5, 0.6) is 0 Å². The Morgan fingerprint density at radius 2 is 1.84 bits per heavy atom. The zero-order chi connectivity index (χ0) is 22.8. The highest BCUT2D eigenvalue weighted by molar-refractivity contribution is 6.04. The molecule has 2 aliphatic rings. The molecule has 2 fully saturated rings. The van der Waals surface area contributed by atoms with Gasteiger partial charge < -0.3 is 15.1 Å². The minimum Gasteiger partial charge on any atom is -0.370 e. The lowest BCUT2D eigenvalue weighted by atomic mass is 10.1. The van der Waals surface area contributed by atoms with E-state index in [2.05, 4.69) is 10.2 Å². The molecule has 2 aromatic carbocycles. The number of benzene rings is 2. The number of carbonyl (C=O) groups excluding carboxylic acids is 2. The van der Waals surface area contributed by atoms with Crippen LogP contribution >= 0.6 is 0 Å². The van der Waals surface area contributed by atoms with Crippen LogP contribution in [0.1, 0.15) is 25.7 Å². The Hall–Kier alpha value is -3.56. The molecule has 2 aromatic rings. The van der Waals surface area contributed by atoms with Crippen LogP contribution in [-0.2, 0) is 9.59 Å². The van der Waals surface area contributed by atoms with Crippen LogP contribution in [0.15, 0.2) is 36.4 Å². The van der Waals surface area contributed by atoms with Crippen LogP contribution in [0.2, 0.25) is 0 Å². The van der Waals surface area contributed by atoms with Gasteiger partial charge in [0.2, 0.25) is 17.6 Å². The largest absolute Gasteiger partial charge is 0.370 e. The summed E-state index contributed by atoms with van der Waals surface area (Å²) in [5, 5.41) is 13.8. The van der Waals surface area contributed by atoms with Crippen molar-refractivity contribution in [2.75, 3.05) is 34.8 Å². The van der Waals surface area contributed by atoms with Gasteiger partial charge in [0.05, 0.1) is 27.9 Å². The molecule has 0 saturated carbocycles. The van der Waals surface area contributed by atoms with Crippen molar-refractivity contribution in [1.82, 2.24) is 0 Å². The van der Waals surface area contributed by atoms with Crippen LogP contribution in [-0.4, -0.2) is 36.4 Å². The van der Waals surface area contributed by atoms with Gasteiger partial charge in [-0.3, -0.25) is 19.7 Å². The Labute approximate surface area is 183 Å². The van der Waals surface area contributed by atoms with E-state index in [1.807, 2.05) is 0 Å².